The summed E-state index contributed by atoms with van der Waals surface area (Å²) in [6.45, 7) is 6.35. The van der Waals surface area contributed by atoms with E-state index in [-0.39, 0.29) is 17.1 Å². The highest BCUT2D eigenvalue weighted by atomic mass is 32.2. The van der Waals surface area contributed by atoms with Gasteiger partial charge >= 0.3 is 0 Å². The third-order valence-electron chi connectivity index (χ3n) is 4.51. The van der Waals surface area contributed by atoms with E-state index in [2.05, 4.69) is 10.6 Å². The van der Waals surface area contributed by atoms with Crippen LogP contribution in [0, 0.1) is 6.92 Å². The van der Waals surface area contributed by atoms with Gasteiger partial charge in [-0.3, -0.25) is 9.59 Å². The number of nitrogens with one attached hydrogen (secondary N) is 2. The normalized spacial score (nSPS) is 11.5. The van der Waals surface area contributed by atoms with Gasteiger partial charge in [-0.05, 0) is 81.4 Å². The Morgan fingerprint density at radius 1 is 0.935 bits per heavy atom. The van der Waals surface area contributed by atoms with E-state index >= 15 is 0 Å². The topological polar surface area (TPSA) is 67.4 Å². The van der Waals surface area contributed by atoms with E-state index in [1.165, 1.54) is 11.8 Å². The maximum Gasteiger partial charge on any atom is 0.255 e. The highest BCUT2D eigenvalue weighted by Crippen LogP contribution is 2.26. The van der Waals surface area contributed by atoms with Crippen molar-refractivity contribution in [3.8, 4) is 5.75 Å². The molecule has 0 fully saturated rings. The zero-order valence-corrected chi connectivity index (χ0v) is 18.7. The van der Waals surface area contributed by atoms with Crippen LogP contribution in [0.25, 0.3) is 0 Å². The molecule has 0 aliphatic heterocycles. The van der Waals surface area contributed by atoms with Gasteiger partial charge in [-0.15, -0.1) is 11.8 Å². The molecule has 0 aliphatic rings. The Morgan fingerprint density at radius 2 is 1.58 bits per heavy atom. The van der Waals surface area contributed by atoms with Crippen molar-refractivity contribution in [1.82, 2.24) is 0 Å². The Kier molecular flexibility index (Phi) is 7.73. The van der Waals surface area contributed by atoms with E-state index in [0.717, 1.165) is 21.9 Å². The molecule has 0 saturated carbocycles. The second kappa shape index (κ2) is 10.7. The Hall–Kier alpha value is -3.25. The van der Waals surface area contributed by atoms with Crippen LogP contribution in [0.4, 0.5) is 11.4 Å². The molecule has 2 N–H and O–H groups in total. The number of aryl methyl sites for hydroxylation is 1. The van der Waals surface area contributed by atoms with Crippen LogP contribution >= 0.6 is 11.8 Å². The first-order chi connectivity index (χ1) is 14.9. The SMILES string of the molecule is CCOc1ccc(NC(=O)C(C)Sc2ccc(NC(=O)c3cccc(C)c3)cc2)cc1. The maximum absolute atomic E-state index is 12.5. The quantitative estimate of drug-likeness (QED) is 0.442. The van der Waals surface area contributed by atoms with Gasteiger partial charge in [0.25, 0.3) is 5.91 Å². The largest absolute Gasteiger partial charge is 0.494 e. The molecule has 31 heavy (non-hydrogen) atoms. The highest BCUT2D eigenvalue weighted by molar-refractivity contribution is 8.00. The molecule has 3 aromatic carbocycles. The lowest BCUT2D eigenvalue weighted by Gasteiger charge is -2.13. The zero-order valence-electron chi connectivity index (χ0n) is 17.8. The van der Waals surface area contributed by atoms with Gasteiger partial charge in [0.15, 0.2) is 0 Å². The van der Waals surface area contributed by atoms with Crippen LogP contribution in [0.3, 0.4) is 0 Å². The van der Waals surface area contributed by atoms with Crippen LogP contribution < -0.4 is 15.4 Å². The molecule has 5 nitrogen and oxygen atoms in total. The lowest BCUT2D eigenvalue weighted by molar-refractivity contribution is -0.115. The molecule has 0 spiro atoms. The zero-order chi connectivity index (χ0) is 22.2. The van der Waals surface area contributed by atoms with Crippen LogP contribution in [0.1, 0.15) is 29.8 Å². The van der Waals surface area contributed by atoms with E-state index in [9.17, 15) is 9.59 Å². The summed E-state index contributed by atoms with van der Waals surface area (Å²) in [5.41, 5.74) is 3.10. The number of anilines is 2. The summed E-state index contributed by atoms with van der Waals surface area (Å²) in [6, 6.07) is 22.3. The lowest BCUT2D eigenvalue weighted by Crippen LogP contribution is -2.22. The second-order valence-corrected chi connectivity index (χ2v) is 8.47. The Bertz CT molecular complexity index is 1030. The number of benzene rings is 3. The van der Waals surface area contributed by atoms with E-state index in [1.54, 1.807) is 6.07 Å². The number of amides is 2. The molecule has 0 bridgehead atoms. The van der Waals surface area contributed by atoms with Crippen LogP contribution in [-0.2, 0) is 4.79 Å². The monoisotopic (exact) mass is 434 g/mol. The summed E-state index contributed by atoms with van der Waals surface area (Å²) in [7, 11) is 0. The molecular formula is C25H26N2O3S. The fraction of sp³-hybridized carbons (Fsp3) is 0.200. The van der Waals surface area contributed by atoms with Gasteiger partial charge in [0.05, 0.1) is 11.9 Å². The summed E-state index contributed by atoms with van der Waals surface area (Å²) in [6.07, 6.45) is 0. The van der Waals surface area contributed by atoms with Gasteiger partial charge in [0.1, 0.15) is 5.75 Å². The van der Waals surface area contributed by atoms with Crippen molar-refractivity contribution >= 4 is 35.0 Å². The van der Waals surface area contributed by atoms with Gasteiger partial charge in [0, 0.05) is 21.8 Å². The van der Waals surface area contributed by atoms with E-state index < -0.39 is 0 Å². The van der Waals surface area contributed by atoms with Crippen molar-refractivity contribution in [2.75, 3.05) is 17.2 Å². The number of hydrogen-bond acceptors (Lipinski definition) is 4. The summed E-state index contributed by atoms with van der Waals surface area (Å²) >= 11 is 1.46. The second-order valence-electron chi connectivity index (χ2n) is 7.05. The molecule has 3 rings (SSSR count). The summed E-state index contributed by atoms with van der Waals surface area (Å²) in [4.78, 5) is 25.8. The molecule has 0 heterocycles. The Morgan fingerprint density at radius 3 is 2.23 bits per heavy atom. The van der Waals surface area contributed by atoms with Gasteiger partial charge in [-0.2, -0.15) is 0 Å². The van der Waals surface area contributed by atoms with Gasteiger partial charge in [-0.25, -0.2) is 0 Å². The van der Waals surface area contributed by atoms with E-state index in [0.29, 0.717) is 17.9 Å². The first kappa shape index (κ1) is 22.4. The number of ether oxygens (including phenoxy) is 1. The predicted molar refractivity (Wildman–Crippen MR) is 127 cm³/mol. The Labute approximate surface area is 187 Å². The fourth-order valence-corrected chi connectivity index (χ4v) is 3.78. The third kappa shape index (κ3) is 6.62. The van der Waals surface area contributed by atoms with Crippen molar-refractivity contribution in [3.05, 3.63) is 83.9 Å². The molecule has 0 aromatic heterocycles. The maximum atomic E-state index is 12.5. The minimum absolute atomic E-state index is 0.0778. The molecule has 1 atom stereocenters. The minimum atomic E-state index is -0.278. The summed E-state index contributed by atoms with van der Waals surface area (Å²) in [5, 5.41) is 5.54. The van der Waals surface area contributed by atoms with Crippen molar-refractivity contribution < 1.29 is 14.3 Å². The molecule has 0 saturated heterocycles. The molecule has 0 aliphatic carbocycles. The molecule has 2 amide bonds. The van der Waals surface area contributed by atoms with E-state index in [4.69, 9.17) is 4.74 Å². The summed E-state index contributed by atoms with van der Waals surface area (Å²) < 4.78 is 5.41. The minimum Gasteiger partial charge on any atom is -0.494 e. The van der Waals surface area contributed by atoms with E-state index in [1.807, 2.05) is 87.5 Å². The fourth-order valence-electron chi connectivity index (χ4n) is 2.91. The van der Waals surface area contributed by atoms with Crippen LogP contribution in [0.2, 0.25) is 0 Å². The average Bonchev–Trinajstić information content (AvgIpc) is 2.76. The van der Waals surface area contributed by atoms with Crippen molar-refractivity contribution in [2.45, 2.75) is 30.9 Å². The smallest absolute Gasteiger partial charge is 0.255 e. The third-order valence-corrected chi connectivity index (χ3v) is 5.62. The summed E-state index contributed by atoms with van der Waals surface area (Å²) in [5.74, 6) is 0.552. The number of carbonyl (C=O) groups is 2. The predicted octanol–water partition coefficient (Wildman–Crippen LogP) is 5.77. The molecule has 1 unspecified atom stereocenters. The highest BCUT2D eigenvalue weighted by Gasteiger charge is 2.15. The Balaban J connectivity index is 1.53. The van der Waals surface area contributed by atoms with Crippen molar-refractivity contribution in [1.29, 1.82) is 0 Å². The average molecular weight is 435 g/mol. The molecule has 160 valence electrons. The standard InChI is InChI=1S/C25H26N2O3S/c1-4-30-22-12-8-20(9-13-22)26-24(28)18(3)31-23-14-10-21(11-15-23)27-25(29)19-7-5-6-17(2)16-19/h5-16,18H,4H2,1-3H3,(H,26,28)(H,27,29). The van der Waals surface area contributed by atoms with Gasteiger partial charge in [0.2, 0.25) is 5.91 Å². The van der Waals surface area contributed by atoms with Gasteiger partial charge in [-0.1, -0.05) is 17.7 Å². The number of rotatable bonds is 8. The number of thioether (sulfide) groups is 1. The van der Waals surface area contributed by atoms with Crippen molar-refractivity contribution in [2.24, 2.45) is 0 Å². The number of hydrogen-bond donors (Lipinski definition) is 2. The van der Waals surface area contributed by atoms with Crippen LogP contribution in [0.5, 0.6) is 5.75 Å². The van der Waals surface area contributed by atoms with Crippen molar-refractivity contribution in [3.63, 3.8) is 0 Å². The molecule has 0 radical (unpaired) electrons. The van der Waals surface area contributed by atoms with Crippen LogP contribution in [0.15, 0.2) is 77.7 Å². The van der Waals surface area contributed by atoms with Crippen LogP contribution in [-0.4, -0.2) is 23.7 Å². The lowest BCUT2D eigenvalue weighted by atomic mass is 10.1. The molecular weight excluding hydrogens is 408 g/mol. The number of carbonyl (C=O) groups excluding carboxylic acids is 2. The van der Waals surface area contributed by atoms with Gasteiger partial charge < -0.3 is 15.4 Å². The first-order valence-electron chi connectivity index (χ1n) is 10.1. The first-order valence-corrected chi connectivity index (χ1v) is 11.0. The molecule has 6 heteroatoms. The molecule has 3 aromatic rings.